The van der Waals surface area contributed by atoms with Gasteiger partial charge in [-0.05, 0) is 13.0 Å². The Kier molecular flexibility index (Phi) is 4.34. The van der Waals surface area contributed by atoms with Crippen molar-refractivity contribution in [3.63, 3.8) is 0 Å². The number of ether oxygens (including phenoxy) is 1. The van der Waals surface area contributed by atoms with Crippen LogP contribution >= 0.6 is 11.6 Å². The highest BCUT2D eigenvalue weighted by atomic mass is 35.5. The van der Waals surface area contributed by atoms with Crippen LogP contribution in [0.4, 0.5) is 13.2 Å². The molecule has 0 aliphatic heterocycles. The van der Waals surface area contributed by atoms with Crippen molar-refractivity contribution in [2.24, 2.45) is 0 Å². The molecule has 1 rings (SSSR count). The lowest BCUT2D eigenvalue weighted by Gasteiger charge is -2.08. The molecule has 1 heterocycles. The van der Waals surface area contributed by atoms with E-state index in [4.69, 9.17) is 11.6 Å². The lowest BCUT2D eigenvalue weighted by molar-refractivity contribution is -0.142. The Morgan fingerprint density at radius 1 is 1.47 bits per heavy atom. The van der Waals surface area contributed by atoms with Crippen molar-refractivity contribution in [2.75, 3.05) is 6.61 Å². The van der Waals surface area contributed by atoms with Gasteiger partial charge in [0.1, 0.15) is 10.8 Å². The first-order valence-corrected chi connectivity index (χ1v) is 5.10. The number of alkyl halides is 3. The van der Waals surface area contributed by atoms with Crippen LogP contribution in [0.1, 0.15) is 18.2 Å². The Morgan fingerprint density at radius 2 is 2.12 bits per heavy atom. The molecule has 1 aromatic rings. The van der Waals surface area contributed by atoms with Gasteiger partial charge in [-0.15, -0.1) is 0 Å². The molecule has 17 heavy (non-hydrogen) atoms. The average Bonchev–Trinajstić information content (AvgIpc) is 2.20. The van der Waals surface area contributed by atoms with Crippen LogP contribution < -0.4 is 0 Å². The number of rotatable bonds is 3. The van der Waals surface area contributed by atoms with Gasteiger partial charge >= 0.3 is 12.1 Å². The molecule has 0 amide bonds. The van der Waals surface area contributed by atoms with Crippen molar-refractivity contribution in [2.45, 2.75) is 19.5 Å². The third kappa shape index (κ3) is 3.89. The van der Waals surface area contributed by atoms with Gasteiger partial charge in [-0.1, -0.05) is 17.7 Å². The topological polar surface area (TPSA) is 39.2 Å². The number of pyridine rings is 1. The lowest BCUT2D eigenvalue weighted by atomic mass is 10.2. The molecule has 0 spiro atoms. The van der Waals surface area contributed by atoms with Crippen molar-refractivity contribution in [3.8, 4) is 0 Å². The SMILES string of the molecule is CCOC(=O)Cc1ccc(C(F)(F)F)nc1Cl. The van der Waals surface area contributed by atoms with Gasteiger partial charge in [-0.25, -0.2) is 4.98 Å². The minimum atomic E-state index is -4.55. The van der Waals surface area contributed by atoms with Crippen LogP contribution in [0.3, 0.4) is 0 Å². The van der Waals surface area contributed by atoms with Gasteiger partial charge < -0.3 is 4.74 Å². The predicted octanol–water partition coefficient (Wildman–Crippen LogP) is 2.86. The fraction of sp³-hybridized carbons (Fsp3) is 0.400. The zero-order valence-corrected chi connectivity index (χ0v) is 9.60. The second kappa shape index (κ2) is 5.35. The monoisotopic (exact) mass is 267 g/mol. The van der Waals surface area contributed by atoms with Gasteiger partial charge in [0, 0.05) is 5.56 Å². The second-order valence-corrected chi connectivity index (χ2v) is 3.48. The Hall–Kier alpha value is -1.30. The summed E-state index contributed by atoms with van der Waals surface area (Å²) < 4.78 is 41.5. The molecule has 0 radical (unpaired) electrons. The molecule has 0 saturated carbocycles. The van der Waals surface area contributed by atoms with E-state index in [1.807, 2.05) is 0 Å². The van der Waals surface area contributed by atoms with Crippen LogP contribution in [-0.4, -0.2) is 17.6 Å². The lowest BCUT2D eigenvalue weighted by Crippen LogP contribution is -2.11. The molecule has 0 fully saturated rings. The van der Waals surface area contributed by atoms with Gasteiger partial charge in [-0.3, -0.25) is 4.79 Å². The highest BCUT2D eigenvalue weighted by Gasteiger charge is 2.33. The quantitative estimate of drug-likeness (QED) is 0.624. The van der Waals surface area contributed by atoms with Crippen LogP contribution in [-0.2, 0) is 22.1 Å². The number of hydrogen-bond donors (Lipinski definition) is 0. The molecule has 0 bridgehead atoms. The number of carbonyl (C=O) groups is 1. The van der Waals surface area contributed by atoms with Gasteiger partial charge in [0.15, 0.2) is 0 Å². The summed E-state index contributed by atoms with van der Waals surface area (Å²) in [5.74, 6) is -0.559. The summed E-state index contributed by atoms with van der Waals surface area (Å²) in [4.78, 5) is 14.3. The number of nitrogens with zero attached hydrogens (tertiary/aromatic N) is 1. The van der Waals surface area contributed by atoms with Crippen LogP contribution in [0.15, 0.2) is 12.1 Å². The molecule has 94 valence electrons. The second-order valence-electron chi connectivity index (χ2n) is 3.13. The first-order valence-electron chi connectivity index (χ1n) is 4.72. The Bertz CT molecular complexity index is 421. The molecule has 0 aliphatic carbocycles. The molecular formula is C10H9ClF3NO2. The molecular weight excluding hydrogens is 259 g/mol. The maximum absolute atomic E-state index is 12.3. The molecule has 3 nitrogen and oxygen atoms in total. The van der Waals surface area contributed by atoms with Crippen LogP contribution in [0, 0.1) is 0 Å². The van der Waals surface area contributed by atoms with Crippen LogP contribution in [0.2, 0.25) is 5.15 Å². The summed E-state index contributed by atoms with van der Waals surface area (Å²) in [7, 11) is 0. The number of aromatic nitrogens is 1. The summed E-state index contributed by atoms with van der Waals surface area (Å²) in [6.45, 7) is 1.83. The maximum Gasteiger partial charge on any atom is 0.433 e. The summed E-state index contributed by atoms with van der Waals surface area (Å²) in [5.41, 5.74) is -0.881. The summed E-state index contributed by atoms with van der Waals surface area (Å²) in [6, 6.07) is 1.90. The van der Waals surface area contributed by atoms with Crippen molar-refractivity contribution in [1.82, 2.24) is 4.98 Å². The van der Waals surface area contributed by atoms with Crippen molar-refractivity contribution in [1.29, 1.82) is 0 Å². The minimum absolute atomic E-state index is 0.197. The number of halogens is 4. The van der Waals surface area contributed by atoms with Crippen LogP contribution in [0.25, 0.3) is 0 Å². The van der Waals surface area contributed by atoms with Gasteiger partial charge in [0.2, 0.25) is 0 Å². The van der Waals surface area contributed by atoms with Crippen LogP contribution in [0.5, 0.6) is 0 Å². The molecule has 0 saturated heterocycles. The summed E-state index contributed by atoms with van der Waals surface area (Å²) in [5, 5.41) is -0.340. The first kappa shape index (κ1) is 13.8. The van der Waals surface area contributed by atoms with E-state index in [-0.39, 0.29) is 23.7 Å². The molecule has 0 aliphatic rings. The summed E-state index contributed by atoms with van der Waals surface area (Å²) in [6.07, 6.45) is -4.75. The van der Waals surface area contributed by atoms with E-state index < -0.39 is 17.8 Å². The Balaban J connectivity index is 2.87. The number of carbonyl (C=O) groups excluding carboxylic acids is 1. The third-order valence-electron chi connectivity index (χ3n) is 1.86. The highest BCUT2D eigenvalue weighted by Crippen LogP contribution is 2.29. The normalized spacial score (nSPS) is 11.4. The molecule has 0 aromatic carbocycles. The molecule has 0 atom stereocenters. The number of esters is 1. The largest absolute Gasteiger partial charge is 0.466 e. The van der Waals surface area contributed by atoms with E-state index in [0.717, 1.165) is 12.1 Å². The fourth-order valence-corrected chi connectivity index (χ4v) is 1.34. The van der Waals surface area contributed by atoms with E-state index in [2.05, 4.69) is 9.72 Å². The third-order valence-corrected chi connectivity index (χ3v) is 2.18. The van der Waals surface area contributed by atoms with E-state index >= 15 is 0 Å². The standard InChI is InChI=1S/C10H9ClF3NO2/c1-2-17-8(16)5-6-3-4-7(10(12,13)14)15-9(6)11/h3-4H,2,5H2,1H3. The predicted molar refractivity (Wildman–Crippen MR) is 54.6 cm³/mol. The van der Waals surface area contributed by atoms with Crippen molar-refractivity contribution in [3.05, 3.63) is 28.5 Å². The highest BCUT2D eigenvalue weighted by molar-refractivity contribution is 6.30. The smallest absolute Gasteiger partial charge is 0.433 e. The Morgan fingerprint density at radius 3 is 2.59 bits per heavy atom. The van der Waals surface area contributed by atoms with E-state index in [1.165, 1.54) is 0 Å². The molecule has 0 N–H and O–H groups in total. The van der Waals surface area contributed by atoms with Gasteiger partial charge in [0.05, 0.1) is 13.0 Å². The van der Waals surface area contributed by atoms with Crippen molar-refractivity contribution >= 4 is 17.6 Å². The zero-order chi connectivity index (χ0) is 13.1. The van der Waals surface area contributed by atoms with Crippen molar-refractivity contribution < 1.29 is 22.7 Å². The first-order chi connectivity index (χ1) is 7.84. The van der Waals surface area contributed by atoms with E-state index in [0.29, 0.717) is 0 Å². The van der Waals surface area contributed by atoms with Gasteiger partial charge in [-0.2, -0.15) is 13.2 Å². The fourth-order valence-electron chi connectivity index (χ4n) is 1.12. The van der Waals surface area contributed by atoms with E-state index in [9.17, 15) is 18.0 Å². The minimum Gasteiger partial charge on any atom is -0.466 e. The van der Waals surface area contributed by atoms with Gasteiger partial charge in [0.25, 0.3) is 0 Å². The average molecular weight is 268 g/mol. The molecule has 0 unspecified atom stereocenters. The molecule has 7 heteroatoms. The summed E-state index contributed by atoms with van der Waals surface area (Å²) >= 11 is 5.56. The number of hydrogen-bond acceptors (Lipinski definition) is 3. The Labute approximate surface area is 101 Å². The van der Waals surface area contributed by atoms with E-state index in [1.54, 1.807) is 6.92 Å². The zero-order valence-electron chi connectivity index (χ0n) is 8.84. The maximum atomic E-state index is 12.3. The molecule has 1 aromatic heterocycles.